The normalized spacial score (nSPS) is 19.5. The Labute approximate surface area is 155 Å². The summed E-state index contributed by atoms with van der Waals surface area (Å²) in [5.74, 6) is 0.208. The fraction of sp³-hybridized carbons (Fsp3) is 0.471. The number of aromatic nitrogens is 3. The van der Waals surface area contributed by atoms with Crippen LogP contribution in [0.4, 0.5) is 10.2 Å². The fourth-order valence-electron chi connectivity index (χ4n) is 3.37. The van der Waals surface area contributed by atoms with Gasteiger partial charge in [0.2, 0.25) is 5.95 Å². The first-order valence-corrected chi connectivity index (χ1v) is 9.47. The Balaban J connectivity index is 1.41. The fourth-order valence-corrected chi connectivity index (χ4v) is 4.34. The van der Waals surface area contributed by atoms with Crippen molar-refractivity contribution in [3.63, 3.8) is 0 Å². The largest absolute Gasteiger partial charge is 0.381 e. The van der Waals surface area contributed by atoms with Gasteiger partial charge in [-0.05, 0) is 30.7 Å². The molecule has 2 aromatic rings. The lowest BCUT2D eigenvalue weighted by Gasteiger charge is -2.38. The summed E-state index contributed by atoms with van der Waals surface area (Å²) in [4.78, 5) is 15.3. The minimum absolute atomic E-state index is 0.0125. The molecule has 2 fully saturated rings. The number of anilines is 1. The Hall–Kier alpha value is -1.44. The molecule has 2 aliphatic rings. The number of pyridine rings is 1. The number of halogens is 2. The summed E-state index contributed by atoms with van der Waals surface area (Å²) in [7, 11) is 0. The maximum atomic E-state index is 13.4. The first-order valence-electron chi connectivity index (χ1n) is 8.28. The third-order valence-corrected chi connectivity index (χ3v) is 6.43. The van der Waals surface area contributed by atoms with Crippen LogP contribution in [0.15, 0.2) is 34.6 Å². The highest BCUT2D eigenvalue weighted by atomic mass is 35.5. The lowest BCUT2D eigenvalue weighted by Crippen LogP contribution is -2.40. The van der Waals surface area contributed by atoms with Gasteiger partial charge in [-0.25, -0.2) is 15.0 Å². The van der Waals surface area contributed by atoms with Gasteiger partial charge in [-0.3, -0.25) is 0 Å². The molecule has 0 amide bonds. The lowest BCUT2D eigenvalue weighted by atomic mass is 9.78. The molecule has 132 valence electrons. The minimum Gasteiger partial charge on any atom is -0.381 e. The van der Waals surface area contributed by atoms with Crippen molar-refractivity contribution in [2.75, 3.05) is 31.2 Å². The van der Waals surface area contributed by atoms with E-state index in [1.165, 1.54) is 24.4 Å². The van der Waals surface area contributed by atoms with Gasteiger partial charge < -0.3 is 9.64 Å². The first-order chi connectivity index (χ1) is 12.2. The SMILES string of the molecule is Fc1nccc(Sc2cnc(N3CCC4(CCOC4)CC3)cn2)c1Cl. The van der Waals surface area contributed by atoms with Crippen LogP contribution in [0.3, 0.4) is 0 Å². The molecule has 1 spiro atoms. The van der Waals surface area contributed by atoms with Crippen LogP contribution in [0.2, 0.25) is 5.02 Å². The molecule has 0 bridgehead atoms. The second-order valence-corrected chi connectivity index (χ2v) is 7.96. The molecule has 4 rings (SSSR count). The summed E-state index contributed by atoms with van der Waals surface area (Å²) in [6.07, 6.45) is 8.32. The van der Waals surface area contributed by atoms with Crippen LogP contribution in [0.1, 0.15) is 19.3 Å². The molecule has 5 nitrogen and oxygen atoms in total. The average molecular weight is 381 g/mol. The Kier molecular flexibility index (Phi) is 4.80. The van der Waals surface area contributed by atoms with Crippen LogP contribution < -0.4 is 4.90 Å². The molecule has 4 heterocycles. The van der Waals surface area contributed by atoms with E-state index in [-0.39, 0.29) is 5.02 Å². The van der Waals surface area contributed by atoms with E-state index in [0.717, 1.165) is 45.0 Å². The summed E-state index contributed by atoms with van der Waals surface area (Å²) in [6, 6.07) is 1.67. The molecule has 0 unspecified atom stereocenters. The van der Waals surface area contributed by atoms with Crippen LogP contribution >= 0.6 is 23.4 Å². The van der Waals surface area contributed by atoms with E-state index >= 15 is 0 Å². The molecule has 8 heteroatoms. The summed E-state index contributed by atoms with van der Waals surface area (Å²) in [6.45, 7) is 3.74. The van der Waals surface area contributed by atoms with Crippen LogP contribution in [-0.2, 0) is 4.74 Å². The zero-order valence-electron chi connectivity index (χ0n) is 13.6. The zero-order valence-corrected chi connectivity index (χ0v) is 15.2. The van der Waals surface area contributed by atoms with Gasteiger partial charge in [-0.1, -0.05) is 23.4 Å². The van der Waals surface area contributed by atoms with E-state index in [9.17, 15) is 4.39 Å². The van der Waals surface area contributed by atoms with Crippen LogP contribution in [0.25, 0.3) is 0 Å². The maximum Gasteiger partial charge on any atom is 0.232 e. The van der Waals surface area contributed by atoms with Crippen molar-refractivity contribution in [3.05, 3.63) is 35.6 Å². The number of hydrogen-bond acceptors (Lipinski definition) is 6. The zero-order chi connectivity index (χ0) is 17.3. The number of hydrogen-bond donors (Lipinski definition) is 0. The third-order valence-electron chi connectivity index (χ3n) is 4.97. The quantitative estimate of drug-likeness (QED) is 0.754. The molecule has 0 aromatic carbocycles. The summed E-state index contributed by atoms with van der Waals surface area (Å²) >= 11 is 7.21. The van der Waals surface area contributed by atoms with Gasteiger partial charge in [0.25, 0.3) is 0 Å². The van der Waals surface area contributed by atoms with Gasteiger partial charge in [-0.15, -0.1) is 0 Å². The predicted octanol–water partition coefficient (Wildman–Crippen LogP) is 3.82. The molecule has 2 aliphatic heterocycles. The van der Waals surface area contributed by atoms with Gasteiger partial charge in [-0.2, -0.15) is 4.39 Å². The summed E-state index contributed by atoms with van der Waals surface area (Å²) in [5, 5.41) is 0.687. The van der Waals surface area contributed by atoms with Gasteiger partial charge in [0.1, 0.15) is 15.9 Å². The molecule has 0 N–H and O–H groups in total. The smallest absolute Gasteiger partial charge is 0.232 e. The molecule has 0 aliphatic carbocycles. The predicted molar refractivity (Wildman–Crippen MR) is 94.7 cm³/mol. The number of rotatable bonds is 3. The van der Waals surface area contributed by atoms with E-state index in [1.807, 2.05) is 0 Å². The standard InChI is InChI=1S/C17H18ClFN4OS/c18-15-12(1-5-20-16(15)19)25-14-10-21-13(9-22-14)23-6-2-17(3-7-23)4-8-24-11-17/h1,5,9-10H,2-4,6-8,11H2. The van der Waals surface area contributed by atoms with E-state index in [2.05, 4.69) is 19.9 Å². The van der Waals surface area contributed by atoms with E-state index in [1.54, 1.807) is 18.5 Å². The lowest BCUT2D eigenvalue weighted by molar-refractivity contribution is 0.133. The van der Waals surface area contributed by atoms with Crippen molar-refractivity contribution < 1.29 is 9.13 Å². The Morgan fingerprint density at radius 2 is 2.00 bits per heavy atom. The number of nitrogens with zero attached hydrogens (tertiary/aromatic N) is 4. The van der Waals surface area contributed by atoms with Crippen molar-refractivity contribution in [2.24, 2.45) is 5.41 Å². The van der Waals surface area contributed by atoms with E-state index in [4.69, 9.17) is 16.3 Å². The van der Waals surface area contributed by atoms with Crippen molar-refractivity contribution in [1.82, 2.24) is 15.0 Å². The molecule has 2 aromatic heterocycles. The summed E-state index contributed by atoms with van der Waals surface area (Å²) < 4.78 is 19.0. The summed E-state index contributed by atoms with van der Waals surface area (Å²) in [5.41, 5.74) is 0.377. The molecule has 0 saturated carbocycles. The third kappa shape index (κ3) is 3.59. The van der Waals surface area contributed by atoms with E-state index in [0.29, 0.717) is 15.3 Å². The van der Waals surface area contributed by atoms with Crippen molar-refractivity contribution >= 4 is 29.2 Å². The topological polar surface area (TPSA) is 51.1 Å². The maximum absolute atomic E-state index is 13.4. The van der Waals surface area contributed by atoms with Crippen molar-refractivity contribution in [1.29, 1.82) is 0 Å². The Morgan fingerprint density at radius 3 is 2.68 bits per heavy atom. The Bertz CT molecular complexity index is 745. The highest BCUT2D eigenvalue weighted by molar-refractivity contribution is 7.99. The highest BCUT2D eigenvalue weighted by Crippen LogP contribution is 2.40. The minimum atomic E-state index is -0.672. The highest BCUT2D eigenvalue weighted by Gasteiger charge is 2.38. The molecule has 25 heavy (non-hydrogen) atoms. The average Bonchev–Trinajstić information content (AvgIpc) is 3.09. The van der Waals surface area contributed by atoms with Crippen LogP contribution in [0.5, 0.6) is 0 Å². The molecule has 2 saturated heterocycles. The van der Waals surface area contributed by atoms with Gasteiger partial charge >= 0.3 is 0 Å². The Morgan fingerprint density at radius 1 is 1.16 bits per heavy atom. The van der Waals surface area contributed by atoms with E-state index < -0.39 is 5.95 Å². The first kappa shape index (κ1) is 17.0. The monoisotopic (exact) mass is 380 g/mol. The van der Waals surface area contributed by atoms with Crippen LogP contribution in [-0.4, -0.2) is 41.3 Å². The number of ether oxygens (including phenoxy) is 1. The molecular formula is C17H18ClFN4OS. The second-order valence-electron chi connectivity index (χ2n) is 6.52. The van der Waals surface area contributed by atoms with Gasteiger partial charge in [0.05, 0.1) is 19.0 Å². The van der Waals surface area contributed by atoms with Crippen molar-refractivity contribution in [2.45, 2.75) is 29.2 Å². The number of piperidine rings is 1. The van der Waals surface area contributed by atoms with Crippen LogP contribution in [0, 0.1) is 11.4 Å². The second kappa shape index (κ2) is 7.05. The van der Waals surface area contributed by atoms with Gasteiger partial charge in [0.15, 0.2) is 0 Å². The molecular weight excluding hydrogens is 363 g/mol. The molecule has 0 radical (unpaired) electrons. The van der Waals surface area contributed by atoms with Crippen molar-refractivity contribution in [3.8, 4) is 0 Å². The molecule has 0 atom stereocenters. The van der Waals surface area contributed by atoms with Gasteiger partial charge in [0, 0.05) is 30.8 Å².